The zero-order valence-electron chi connectivity index (χ0n) is 9.28. The molecule has 2 aliphatic rings. The minimum atomic E-state index is -0.770. The van der Waals surface area contributed by atoms with Gasteiger partial charge in [-0.25, -0.2) is 4.79 Å². The smallest absolute Gasteiger partial charge is 0.407 e. The Labute approximate surface area is 90.4 Å². The van der Waals surface area contributed by atoms with Crippen LogP contribution in [0, 0.1) is 11.3 Å². The zero-order chi connectivity index (χ0) is 11.1. The van der Waals surface area contributed by atoms with Gasteiger partial charge >= 0.3 is 6.09 Å². The van der Waals surface area contributed by atoms with E-state index >= 15 is 0 Å². The number of amides is 1. The van der Waals surface area contributed by atoms with Crippen molar-refractivity contribution in [3.8, 4) is 0 Å². The van der Waals surface area contributed by atoms with Crippen LogP contribution in [0.15, 0.2) is 0 Å². The van der Waals surface area contributed by atoms with Crippen molar-refractivity contribution in [3.05, 3.63) is 0 Å². The molecule has 86 valence electrons. The third-order valence-corrected chi connectivity index (χ3v) is 4.23. The van der Waals surface area contributed by atoms with E-state index in [1.54, 1.807) is 0 Å². The molecule has 1 amide bonds. The number of likely N-dealkylation sites (tertiary alicyclic amines) is 1. The van der Waals surface area contributed by atoms with Gasteiger partial charge < -0.3 is 15.7 Å². The van der Waals surface area contributed by atoms with E-state index in [0.717, 1.165) is 12.8 Å². The van der Waals surface area contributed by atoms with Crippen molar-refractivity contribution >= 4 is 6.09 Å². The van der Waals surface area contributed by atoms with Crippen LogP contribution in [0.4, 0.5) is 4.79 Å². The van der Waals surface area contributed by atoms with Gasteiger partial charge in [0, 0.05) is 19.1 Å². The van der Waals surface area contributed by atoms with Crippen LogP contribution in [0.3, 0.4) is 0 Å². The molecule has 2 rings (SSSR count). The van der Waals surface area contributed by atoms with E-state index in [9.17, 15) is 4.79 Å². The molecule has 1 aliphatic heterocycles. The number of hydrogen-bond acceptors (Lipinski definition) is 2. The van der Waals surface area contributed by atoms with Gasteiger partial charge in [0.05, 0.1) is 0 Å². The summed E-state index contributed by atoms with van der Waals surface area (Å²) in [5.74, 6) is 0.668. The monoisotopic (exact) mass is 212 g/mol. The van der Waals surface area contributed by atoms with Crippen LogP contribution in [0.1, 0.15) is 32.6 Å². The van der Waals surface area contributed by atoms with Crippen molar-refractivity contribution < 1.29 is 9.90 Å². The Hall–Kier alpha value is -0.770. The molecular formula is C11H20N2O2. The van der Waals surface area contributed by atoms with Crippen molar-refractivity contribution in [3.63, 3.8) is 0 Å². The predicted molar refractivity (Wildman–Crippen MR) is 57.6 cm³/mol. The first-order valence-electron chi connectivity index (χ1n) is 5.76. The molecule has 0 aromatic rings. The Bertz CT molecular complexity index is 249. The number of nitrogens with zero attached hydrogens (tertiary/aromatic N) is 1. The fourth-order valence-corrected chi connectivity index (χ4v) is 3.00. The standard InChI is InChI=1S/C11H20N2O2/c1-8(12)9-6-11(7-9)2-4-13(5-3-11)10(14)15/h8-9H,2-7,12H2,1H3,(H,14,15)/t8-/m0/s1. The number of piperidine rings is 1. The lowest BCUT2D eigenvalue weighted by Crippen LogP contribution is -2.51. The Morgan fingerprint density at radius 2 is 2.00 bits per heavy atom. The highest BCUT2D eigenvalue weighted by atomic mass is 16.4. The second kappa shape index (κ2) is 3.67. The first-order valence-corrected chi connectivity index (χ1v) is 5.76. The fraction of sp³-hybridized carbons (Fsp3) is 0.909. The molecule has 1 aliphatic carbocycles. The van der Waals surface area contributed by atoms with Gasteiger partial charge in [-0.3, -0.25) is 0 Å². The Balaban J connectivity index is 1.83. The molecule has 4 heteroatoms. The van der Waals surface area contributed by atoms with E-state index in [2.05, 4.69) is 6.92 Å². The van der Waals surface area contributed by atoms with Gasteiger partial charge in [0.15, 0.2) is 0 Å². The Morgan fingerprint density at radius 1 is 1.47 bits per heavy atom. The van der Waals surface area contributed by atoms with Gasteiger partial charge in [-0.15, -0.1) is 0 Å². The molecule has 1 saturated heterocycles. The molecule has 0 aromatic heterocycles. The highest BCUT2D eigenvalue weighted by Gasteiger charge is 2.47. The maximum Gasteiger partial charge on any atom is 0.407 e. The number of nitrogens with two attached hydrogens (primary N) is 1. The molecule has 0 aromatic carbocycles. The molecule has 4 nitrogen and oxygen atoms in total. The number of rotatable bonds is 1. The van der Waals surface area contributed by atoms with Crippen LogP contribution in [-0.4, -0.2) is 35.2 Å². The van der Waals surface area contributed by atoms with Crippen molar-refractivity contribution in [2.24, 2.45) is 17.1 Å². The molecule has 0 bridgehead atoms. The largest absolute Gasteiger partial charge is 0.465 e. The third kappa shape index (κ3) is 1.95. The van der Waals surface area contributed by atoms with Crippen LogP contribution in [0.25, 0.3) is 0 Å². The van der Waals surface area contributed by atoms with Gasteiger partial charge in [0.1, 0.15) is 0 Å². The molecule has 0 radical (unpaired) electrons. The van der Waals surface area contributed by atoms with Crippen LogP contribution in [0.2, 0.25) is 0 Å². The SMILES string of the molecule is C[C@H](N)C1CC2(CCN(C(=O)O)CC2)C1. The molecule has 1 atom stereocenters. The summed E-state index contributed by atoms with van der Waals surface area (Å²) in [7, 11) is 0. The van der Waals surface area contributed by atoms with E-state index in [1.165, 1.54) is 17.7 Å². The van der Waals surface area contributed by atoms with E-state index < -0.39 is 6.09 Å². The quantitative estimate of drug-likeness (QED) is 0.692. The summed E-state index contributed by atoms with van der Waals surface area (Å²) < 4.78 is 0. The Morgan fingerprint density at radius 3 is 2.40 bits per heavy atom. The van der Waals surface area contributed by atoms with Gasteiger partial charge in [0.2, 0.25) is 0 Å². The average Bonchev–Trinajstić information content (AvgIpc) is 2.13. The van der Waals surface area contributed by atoms with Crippen LogP contribution < -0.4 is 5.73 Å². The summed E-state index contributed by atoms with van der Waals surface area (Å²) >= 11 is 0. The first kappa shape index (κ1) is 10.7. The minimum Gasteiger partial charge on any atom is -0.465 e. The summed E-state index contributed by atoms with van der Waals surface area (Å²) in [6.07, 6.45) is 3.70. The van der Waals surface area contributed by atoms with E-state index in [1.807, 2.05) is 0 Å². The lowest BCUT2D eigenvalue weighted by atomic mass is 9.56. The van der Waals surface area contributed by atoms with Crippen molar-refractivity contribution in [1.82, 2.24) is 4.90 Å². The summed E-state index contributed by atoms with van der Waals surface area (Å²) in [5, 5.41) is 8.85. The molecule has 3 N–H and O–H groups in total. The van der Waals surface area contributed by atoms with Crippen molar-refractivity contribution in [1.29, 1.82) is 0 Å². The third-order valence-electron chi connectivity index (χ3n) is 4.23. The first-order chi connectivity index (χ1) is 7.02. The number of carboxylic acid groups (broad SMARTS) is 1. The molecular weight excluding hydrogens is 192 g/mol. The summed E-state index contributed by atoms with van der Waals surface area (Å²) in [5.41, 5.74) is 6.29. The molecule has 2 fully saturated rings. The van der Waals surface area contributed by atoms with Crippen LogP contribution >= 0.6 is 0 Å². The van der Waals surface area contributed by atoms with Crippen molar-refractivity contribution in [2.45, 2.75) is 38.6 Å². The summed E-state index contributed by atoms with van der Waals surface area (Å²) in [6.45, 7) is 3.49. The molecule has 15 heavy (non-hydrogen) atoms. The number of carbonyl (C=O) groups is 1. The van der Waals surface area contributed by atoms with Gasteiger partial charge in [-0.1, -0.05) is 0 Å². The summed E-state index contributed by atoms with van der Waals surface area (Å²) in [6, 6.07) is 0.299. The lowest BCUT2D eigenvalue weighted by Gasteiger charge is -2.53. The molecule has 1 saturated carbocycles. The highest BCUT2D eigenvalue weighted by molar-refractivity contribution is 5.65. The normalized spacial score (nSPS) is 27.5. The summed E-state index contributed by atoms with van der Waals surface area (Å²) in [4.78, 5) is 12.3. The van der Waals surface area contributed by atoms with Gasteiger partial charge in [-0.2, -0.15) is 0 Å². The fourth-order valence-electron chi connectivity index (χ4n) is 3.00. The number of hydrogen-bond donors (Lipinski definition) is 2. The van der Waals surface area contributed by atoms with Crippen molar-refractivity contribution in [2.75, 3.05) is 13.1 Å². The van der Waals surface area contributed by atoms with Gasteiger partial charge in [0.25, 0.3) is 0 Å². The maximum absolute atomic E-state index is 10.8. The minimum absolute atomic E-state index is 0.299. The predicted octanol–water partition coefficient (Wildman–Crippen LogP) is 1.50. The molecule has 1 heterocycles. The topological polar surface area (TPSA) is 66.6 Å². The Kier molecular flexibility index (Phi) is 2.63. The van der Waals surface area contributed by atoms with Crippen LogP contribution in [-0.2, 0) is 0 Å². The van der Waals surface area contributed by atoms with E-state index in [0.29, 0.717) is 30.5 Å². The van der Waals surface area contributed by atoms with E-state index in [4.69, 9.17) is 10.8 Å². The molecule has 1 spiro atoms. The zero-order valence-corrected chi connectivity index (χ0v) is 9.28. The van der Waals surface area contributed by atoms with Crippen LogP contribution in [0.5, 0.6) is 0 Å². The molecule has 0 unspecified atom stereocenters. The maximum atomic E-state index is 10.8. The average molecular weight is 212 g/mol. The lowest BCUT2D eigenvalue weighted by molar-refractivity contribution is -0.0162. The second-order valence-electron chi connectivity index (χ2n) is 5.30. The van der Waals surface area contributed by atoms with E-state index in [-0.39, 0.29) is 0 Å². The second-order valence-corrected chi connectivity index (χ2v) is 5.30. The highest BCUT2D eigenvalue weighted by Crippen LogP contribution is 2.53. The van der Waals surface area contributed by atoms with Gasteiger partial charge in [-0.05, 0) is 43.9 Å².